The number of carbonyl (C=O) groups excluding carboxylic acids is 1. The summed E-state index contributed by atoms with van der Waals surface area (Å²) in [7, 11) is -15.4. The highest BCUT2D eigenvalue weighted by Crippen LogP contribution is 2.33. The van der Waals surface area contributed by atoms with E-state index < -0.39 is 68.1 Å². The van der Waals surface area contributed by atoms with E-state index in [4.69, 9.17) is 11.5 Å². The van der Waals surface area contributed by atoms with Crippen LogP contribution in [0.3, 0.4) is 0 Å². The summed E-state index contributed by atoms with van der Waals surface area (Å²) in [6.45, 7) is 0. The second-order valence-corrected chi connectivity index (χ2v) is 9.73. The largest absolute Gasteiger partial charge is 0.399 e. The number of rotatable bonds is 5. The molecule has 164 valence electrons. The number of benzene rings is 2. The summed E-state index contributed by atoms with van der Waals surface area (Å²) in [5.41, 5.74) is 8.68. The van der Waals surface area contributed by atoms with Crippen LogP contribution in [0.4, 0.5) is 27.5 Å². The highest BCUT2D eigenvalue weighted by molar-refractivity contribution is 7.89. The molecule has 0 spiro atoms. The first-order valence-corrected chi connectivity index (χ1v) is 11.7. The zero-order chi connectivity index (χ0) is 23.1. The van der Waals surface area contributed by atoms with Gasteiger partial charge < -0.3 is 22.1 Å². The van der Waals surface area contributed by atoms with Gasteiger partial charge in [0.2, 0.25) is 0 Å². The first-order chi connectivity index (χ1) is 13.5. The van der Waals surface area contributed by atoms with Crippen LogP contribution in [0.25, 0.3) is 0 Å². The van der Waals surface area contributed by atoms with Crippen molar-refractivity contribution < 1.29 is 43.7 Å². The highest BCUT2D eigenvalue weighted by atomic mass is 32.2. The van der Waals surface area contributed by atoms with Crippen molar-refractivity contribution in [2.24, 2.45) is 0 Å². The van der Waals surface area contributed by atoms with Gasteiger partial charge in [0.25, 0.3) is 30.4 Å². The molecule has 0 aliphatic heterocycles. The van der Waals surface area contributed by atoms with E-state index >= 15 is 0 Å². The molecule has 0 aliphatic carbocycles. The van der Waals surface area contributed by atoms with E-state index in [1.807, 2.05) is 10.6 Å². The Hall–Kier alpha value is -2.96. The molecule has 30 heavy (non-hydrogen) atoms. The fourth-order valence-corrected chi connectivity index (χ4v) is 5.10. The van der Waals surface area contributed by atoms with E-state index in [0.717, 1.165) is 24.3 Å². The lowest BCUT2D eigenvalue weighted by Crippen LogP contribution is -2.23. The van der Waals surface area contributed by atoms with E-state index in [9.17, 15) is 43.7 Å². The molecule has 0 unspecified atom stereocenters. The number of amides is 2. The summed E-state index contributed by atoms with van der Waals surface area (Å²) < 4.78 is 97.0. The van der Waals surface area contributed by atoms with E-state index in [1.165, 1.54) is 6.07 Å². The van der Waals surface area contributed by atoms with Crippen molar-refractivity contribution >= 4 is 59.1 Å². The maximum absolute atomic E-state index is 12.2. The lowest BCUT2D eigenvalue weighted by Gasteiger charge is -2.15. The number of nitrogens with one attached hydrogen (secondary N) is 2. The van der Waals surface area contributed by atoms with Crippen molar-refractivity contribution in [2.75, 3.05) is 22.1 Å². The first-order valence-electron chi connectivity index (χ1n) is 7.34. The SMILES string of the molecule is Nc1ccc(NC(=O)Nc2ccc(N)c(S(=O)(=O)O)c2S(=O)(=O)O)c(S(=O)(=O)O)c1. The summed E-state index contributed by atoms with van der Waals surface area (Å²) in [5.74, 6) is 0. The predicted octanol–water partition coefficient (Wildman–Crippen LogP) is 0.235. The Morgan fingerprint density at radius 1 is 0.733 bits per heavy atom. The Morgan fingerprint density at radius 2 is 1.23 bits per heavy atom. The van der Waals surface area contributed by atoms with Gasteiger partial charge in [0.1, 0.15) is 14.7 Å². The molecule has 0 aliphatic rings. The quantitative estimate of drug-likeness (QED) is 0.223. The Kier molecular flexibility index (Phi) is 5.99. The van der Waals surface area contributed by atoms with Crippen LogP contribution < -0.4 is 22.1 Å². The van der Waals surface area contributed by atoms with Crippen LogP contribution in [-0.4, -0.2) is 44.9 Å². The summed E-state index contributed by atoms with van der Waals surface area (Å²) in [5, 5.41) is 3.85. The van der Waals surface area contributed by atoms with Crippen LogP contribution in [0.2, 0.25) is 0 Å². The Labute approximate surface area is 170 Å². The van der Waals surface area contributed by atoms with E-state index in [0.29, 0.717) is 0 Å². The molecule has 0 aromatic heterocycles. The molecule has 14 nitrogen and oxygen atoms in total. The van der Waals surface area contributed by atoms with Gasteiger partial charge in [-0.2, -0.15) is 25.3 Å². The second kappa shape index (κ2) is 7.70. The van der Waals surface area contributed by atoms with Crippen molar-refractivity contribution in [3.05, 3.63) is 30.3 Å². The van der Waals surface area contributed by atoms with Gasteiger partial charge >= 0.3 is 6.03 Å². The monoisotopic (exact) mass is 482 g/mol. The number of nitrogen functional groups attached to an aromatic ring is 2. The second-order valence-electron chi connectivity index (χ2n) is 5.62. The molecule has 17 heteroatoms. The molecule has 0 bridgehead atoms. The molecule has 2 amide bonds. The molecule has 0 radical (unpaired) electrons. The minimum atomic E-state index is -5.34. The van der Waals surface area contributed by atoms with Gasteiger partial charge in [-0.3, -0.25) is 13.7 Å². The lowest BCUT2D eigenvalue weighted by atomic mass is 10.2. The van der Waals surface area contributed by atoms with Gasteiger partial charge in [-0.05, 0) is 30.3 Å². The van der Waals surface area contributed by atoms with Crippen LogP contribution in [0.15, 0.2) is 45.0 Å². The number of hydrogen-bond acceptors (Lipinski definition) is 9. The normalized spacial score (nSPS) is 12.4. The zero-order valence-electron chi connectivity index (χ0n) is 14.5. The standard InChI is InChI=1S/C13H14N4O10S3/c14-6-1-3-8(10(5-6)28(19,20)21)16-13(18)17-9-4-2-7(15)11(29(22,23)24)12(9)30(25,26)27/h1-5H,14-15H2,(H2,16,17,18)(H,19,20,21)(H,22,23,24)(H,25,26,27). The molecule has 2 aromatic carbocycles. The van der Waals surface area contributed by atoms with Crippen LogP contribution >= 0.6 is 0 Å². The molecular formula is C13H14N4O10S3. The molecule has 9 N–H and O–H groups in total. The molecule has 2 rings (SSSR count). The van der Waals surface area contributed by atoms with Gasteiger partial charge in [0.15, 0.2) is 0 Å². The molecule has 0 saturated carbocycles. The summed E-state index contributed by atoms with van der Waals surface area (Å²) in [6.07, 6.45) is 0. The van der Waals surface area contributed by atoms with Crippen molar-refractivity contribution in [3.8, 4) is 0 Å². The van der Waals surface area contributed by atoms with Crippen molar-refractivity contribution in [1.29, 1.82) is 0 Å². The van der Waals surface area contributed by atoms with E-state index in [-0.39, 0.29) is 5.69 Å². The summed E-state index contributed by atoms with van der Waals surface area (Å²) in [6, 6.07) is 3.32. The van der Waals surface area contributed by atoms with E-state index in [1.54, 1.807) is 0 Å². The van der Waals surface area contributed by atoms with Crippen molar-refractivity contribution in [3.63, 3.8) is 0 Å². The topological polar surface area (TPSA) is 256 Å². The Bertz CT molecular complexity index is 1350. The summed E-state index contributed by atoms with van der Waals surface area (Å²) in [4.78, 5) is 8.63. The minimum Gasteiger partial charge on any atom is -0.399 e. The Balaban J connectivity index is 2.55. The highest BCUT2D eigenvalue weighted by Gasteiger charge is 2.31. The van der Waals surface area contributed by atoms with Crippen LogP contribution in [0.5, 0.6) is 0 Å². The molecular weight excluding hydrogens is 468 g/mol. The minimum absolute atomic E-state index is 0.0708. The van der Waals surface area contributed by atoms with Crippen LogP contribution in [0.1, 0.15) is 0 Å². The van der Waals surface area contributed by atoms with Crippen molar-refractivity contribution in [1.82, 2.24) is 0 Å². The third-order valence-corrected chi connectivity index (χ3v) is 6.36. The third kappa shape index (κ3) is 5.14. The number of hydrogen-bond donors (Lipinski definition) is 7. The molecule has 0 atom stereocenters. The van der Waals surface area contributed by atoms with Gasteiger partial charge in [0, 0.05) is 5.69 Å². The van der Waals surface area contributed by atoms with Crippen molar-refractivity contribution in [2.45, 2.75) is 14.7 Å². The number of nitrogens with two attached hydrogens (primary N) is 2. The molecule has 2 aromatic rings. The molecule has 0 saturated heterocycles. The Morgan fingerprint density at radius 3 is 1.73 bits per heavy atom. The van der Waals surface area contributed by atoms with E-state index in [2.05, 4.69) is 0 Å². The predicted molar refractivity (Wildman–Crippen MR) is 104 cm³/mol. The fraction of sp³-hybridized carbons (Fsp3) is 0. The summed E-state index contributed by atoms with van der Waals surface area (Å²) >= 11 is 0. The zero-order valence-corrected chi connectivity index (χ0v) is 16.9. The van der Waals surface area contributed by atoms with Gasteiger partial charge in [-0.1, -0.05) is 0 Å². The fourth-order valence-electron chi connectivity index (χ4n) is 2.33. The lowest BCUT2D eigenvalue weighted by molar-refractivity contribution is 0.262. The number of carbonyl (C=O) groups is 1. The first kappa shape index (κ1) is 23.3. The number of anilines is 4. The van der Waals surface area contributed by atoms with Crippen LogP contribution in [0, 0.1) is 0 Å². The smallest absolute Gasteiger partial charge is 0.323 e. The average Bonchev–Trinajstić information content (AvgIpc) is 2.54. The molecule has 0 heterocycles. The number of urea groups is 1. The van der Waals surface area contributed by atoms with Gasteiger partial charge in [-0.15, -0.1) is 0 Å². The maximum Gasteiger partial charge on any atom is 0.323 e. The van der Waals surface area contributed by atoms with Gasteiger partial charge in [0.05, 0.1) is 17.1 Å². The third-order valence-electron chi connectivity index (χ3n) is 3.44. The van der Waals surface area contributed by atoms with Crippen LogP contribution in [-0.2, 0) is 30.4 Å². The van der Waals surface area contributed by atoms with Gasteiger partial charge in [-0.25, -0.2) is 4.79 Å². The maximum atomic E-state index is 12.2. The average molecular weight is 482 g/mol. The molecule has 0 fully saturated rings.